The molecule has 1 aromatic rings. The minimum Gasteiger partial charge on any atom is -0.365 e. The molecule has 4 nitrogen and oxygen atoms in total. The Morgan fingerprint density at radius 3 is 2.85 bits per heavy atom. The smallest absolute Gasteiger partial charge is 0.239 e. The molecule has 1 fully saturated rings. The predicted molar refractivity (Wildman–Crippen MR) is 83.3 cm³/mol. The molecule has 0 aromatic heterocycles. The Morgan fingerprint density at radius 2 is 2.20 bits per heavy atom. The van der Waals surface area contributed by atoms with Gasteiger partial charge in [-0.15, -0.1) is 0 Å². The van der Waals surface area contributed by atoms with Gasteiger partial charge in [0.25, 0.3) is 0 Å². The third-order valence-corrected chi connectivity index (χ3v) is 3.58. The topological polar surface area (TPSA) is 44.4 Å². The lowest BCUT2D eigenvalue weighted by molar-refractivity contribution is -0.119. The van der Waals surface area contributed by atoms with Crippen molar-refractivity contribution in [1.29, 1.82) is 0 Å². The van der Waals surface area contributed by atoms with E-state index in [1.54, 1.807) is 0 Å². The van der Waals surface area contributed by atoms with Crippen molar-refractivity contribution in [2.45, 2.75) is 32.4 Å². The van der Waals surface area contributed by atoms with Gasteiger partial charge in [0.05, 0.1) is 6.54 Å². The quantitative estimate of drug-likeness (QED) is 0.810. The van der Waals surface area contributed by atoms with Crippen molar-refractivity contribution in [3.8, 4) is 0 Å². The van der Waals surface area contributed by atoms with E-state index in [0.29, 0.717) is 12.6 Å². The average molecular weight is 296 g/mol. The molecule has 1 aliphatic carbocycles. The zero-order valence-electron chi connectivity index (χ0n) is 12.1. The molecule has 0 atom stereocenters. The Hall–Kier alpha value is -1.26. The number of amides is 1. The SMILES string of the molecule is CCNCc1cc(Cl)ccc1N(C)CC(=O)NC1CC1. The van der Waals surface area contributed by atoms with Crippen molar-refractivity contribution in [1.82, 2.24) is 10.6 Å². The lowest BCUT2D eigenvalue weighted by atomic mass is 10.1. The molecule has 2 N–H and O–H groups in total. The van der Waals surface area contributed by atoms with Crippen LogP contribution in [0.1, 0.15) is 25.3 Å². The van der Waals surface area contributed by atoms with E-state index in [4.69, 9.17) is 11.6 Å². The van der Waals surface area contributed by atoms with Gasteiger partial charge in [0.15, 0.2) is 0 Å². The molecule has 20 heavy (non-hydrogen) atoms. The predicted octanol–water partition coefficient (Wildman–Crippen LogP) is 2.16. The van der Waals surface area contributed by atoms with E-state index in [-0.39, 0.29) is 5.91 Å². The highest BCUT2D eigenvalue weighted by Crippen LogP contribution is 2.24. The molecule has 0 radical (unpaired) electrons. The largest absolute Gasteiger partial charge is 0.365 e. The van der Waals surface area contributed by atoms with E-state index >= 15 is 0 Å². The first-order chi connectivity index (χ1) is 9.60. The van der Waals surface area contributed by atoms with Crippen LogP contribution in [0.3, 0.4) is 0 Å². The van der Waals surface area contributed by atoms with Crippen LogP contribution in [0.5, 0.6) is 0 Å². The maximum Gasteiger partial charge on any atom is 0.239 e. The van der Waals surface area contributed by atoms with E-state index < -0.39 is 0 Å². The first-order valence-corrected chi connectivity index (χ1v) is 7.47. The average Bonchev–Trinajstić information content (AvgIpc) is 3.19. The Kier molecular flexibility index (Phi) is 5.26. The van der Waals surface area contributed by atoms with E-state index in [2.05, 4.69) is 17.6 Å². The number of carbonyl (C=O) groups is 1. The highest BCUT2D eigenvalue weighted by Gasteiger charge is 2.23. The van der Waals surface area contributed by atoms with Gasteiger partial charge in [0.1, 0.15) is 0 Å². The Morgan fingerprint density at radius 1 is 1.45 bits per heavy atom. The molecule has 0 heterocycles. The number of anilines is 1. The number of nitrogens with zero attached hydrogens (tertiary/aromatic N) is 1. The van der Waals surface area contributed by atoms with Crippen LogP contribution < -0.4 is 15.5 Å². The van der Waals surface area contributed by atoms with E-state index in [9.17, 15) is 4.79 Å². The van der Waals surface area contributed by atoms with Gasteiger partial charge in [-0.2, -0.15) is 0 Å². The van der Waals surface area contributed by atoms with Gasteiger partial charge in [-0.25, -0.2) is 0 Å². The van der Waals surface area contributed by atoms with Crippen LogP contribution in [0.15, 0.2) is 18.2 Å². The number of halogens is 1. The van der Waals surface area contributed by atoms with Gasteiger partial charge in [0.2, 0.25) is 5.91 Å². The molecule has 1 amide bonds. The molecule has 0 spiro atoms. The number of hydrogen-bond donors (Lipinski definition) is 2. The fourth-order valence-corrected chi connectivity index (χ4v) is 2.32. The van der Waals surface area contributed by atoms with Gasteiger partial charge < -0.3 is 15.5 Å². The molecular formula is C15H22ClN3O. The Bertz CT molecular complexity index is 474. The first kappa shape index (κ1) is 15.1. The summed E-state index contributed by atoms with van der Waals surface area (Å²) in [6, 6.07) is 6.19. The normalized spacial score (nSPS) is 14.2. The fraction of sp³-hybridized carbons (Fsp3) is 0.533. The molecule has 0 unspecified atom stereocenters. The van der Waals surface area contributed by atoms with E-state index in [1.807, 2.05) is 30.1 Å². The monoisotopic (exact) mass is 295 g/mol. The summed E-state index contributed by atoms with van der Waals surface area (Å²) in [5.41, 5.74) is 2.15. The second-order valence-corrected chi connectivity index (χ2v) is 5.69. The van der Waals surface area contributed by atoms with Crippen molar-refractivity contribution >= 4 is 23.2 Å². The van der Waals surface area contributed by atoms with Gasteiger partial charge in [-0.1, -0.05) is 18.5 Å². The van der Waals surface area contributed by atoms with Crippen molar-refractivity contribution in [2.75, 3.05) is 25.0 Å². The van der Waals surface area contributed by atoms with E-state index in [0.717, 1.165) is 42.2 Å². The summed E-state index contributed by atoms with van der Waals surface area (Å²) >= 11 is 6.06. The zero-order valence-corrected chi connectivity index (χ0v) is 12.8. The molecule has 0 bridgehead atoms. The van der Waals surface area contributed by atoms with Crippen LogP contribution in [0.25, 0.3) is 0 Å². The summed E-state index contributed by atoms with van der Waals surface area (Å²) in [5.74, 6) is 0.0827. The highest BCUT2D eigenvalue weighted by atomic mass is 35.5. The van der Waals surface area contributed by atoms with Crippen molar-refractivity contribution in [3.63, 3.8) is 0 Å². The number of carbonyl (C=O) groups excluding carboxylic acids is 1. The third kappa shape index (κ3) is 4.39. The van der Waals surface area contributed by atoms with Gasteiger partial charge in [-0.3, -0.25) is 4.79 Å². The highest BCUT2D eigenvalue weighted by molar-refractivity contribution is 6.30. The Balaban J connectivity index is 2.02. The van der Waals surface area contributed by atoms with E-state index in [1.165, 1.54) is 0 Å². The number of nitrogens with one attached hydrogen (secondary N) is 2. The second kappa shape index (κ2) is 6.95. The van der Waals surface area contributed by atoms with Crippen LogP contribution in [-0.4, -0.2) is 32.1 Å². The number of benzene rings is 1. The summed E-state index contributed by atoms with van der Waals surface area (Å²) in [4.78, 5) is 13.8. The van der Waals surface area contributed by atoms with Gasteiger partial charge in [0, 0.05) is 30.3 Å². The maximum absolute atomic E-state index is 11.9. The minimum absolute atomic E-state index is 0.0827. The van der Waals surface area contributed by atoms with Crippen molar-refractivity contribution in [3.05, 3.63) is 28.8 Å². The maximum atomic E-state index is 11.9. The first-order valence-electron chi connectivity index (χ1n) is 7.09. The third-order valence-electron chi connectivity index (χ3n) is 3.34. The molecular weight excluding hydrogens is 274 g/mol. The second-order valence-electron chi connectivity index (χ2n) is 5.25. The number of rotatable bonds is 7. The Labute approximate surface area is 125 Å². The number of likely N-dealkylation sites (N-methyl/N-ethyl adjacent to an activating group) is 1. The molecule has 1 aromatic carbocycles. The molecule has 110 valence electrons. The van der Waals surface area contributed by atoms with Crippen LogP contribution in [0.4, 0.5) is 5.69 Å². The van der Waals surface area contributed by atoms with Crippen LogP contribution in [0.2, 0.25) is 5.02 Å². The molecule has 2 rings (SSSR count). The minimum atomic E-state index is 0.0827. The lowest BCUT2D eigenvalue weighted by Crippen LogP contribution is -2.36. The van der Waals surface area contributed by atoms with Gasteiger partial charge in [-0.05, 0) is 43.1 Å². The summed E-state index contributed by atoms with van der Waals surface area (Å²) in [5, 5.41) is 7.02. The molecule has 0 saturated heterocycles. The van der Waals surface area contributed by atoms with Crippen LogP contribution in [-0.2, 0) is 11.3 Å². The molecule has 0 aliphatic heterocycles. The lowest BCUT2D eigenvalue weighted by Gasteiger charge is -2.22. The van der Waals surface area contributed by atoms with Crippen LogP contribution in [0, 0.1) is 0 Å². The fourth-order valence-electron chi connectivity index (χ4n) is 2.13. The summed E-state index contributed by atoms with van der Waals surface area (Å²) in [6.45, 7) is 4.09. The molecule has 5 heteroatoms. The molecule has 1 saturated carbocycles. The van der Waals surface area contributed by atoms with Gasteiger partial charge >= 0.3 is 0 Å². The summed E-state index contributed by atoms with van der Waals surface area (Å²) in [6.07, 6.45) is 2.23. The zero-order chi connectivity index (χ0) is 14.5. The van der Waals surface area contributed by atoms with Crippen molar-refractivity contribution in [2.24, 2.45) is 0 Å². The standard InChI is InChI=1S/C15H22ClN3O/c1-3-17-9-11-8-12(16)4-7-14(11)19(2)10-15(20)18-13-5-6-13/h4,7-8,13,17H,3,5-6,9-10H2,1-2H3,(H,18,20). The van der Waals surface area contributed by atoms with Crippen LogP contribution >= 0.6 is 11.6 Å². The number of hydrogen-bond acceptors (Lipinski definition) is 3. The molecule has 1 aliphatic rings. The van der Waals surface area contributed by atoms with Crippen molar-refractivity contribution < 1.29 is 4.79 Å². The summed E-state index contributed by atoms with van der Waals surface area (Å²) < 4.78 is 0. The summed E-state index contributed by atoms with van der Waals surface area (Å²) in [7, 11) is 1.94.